The molecule has 1 aromatic heterocycles. The molecule has 8 heteroatoms. The molecular weight excluding hydrogens is 508 g/mol. The number of amides is 3. The van der Waals surface area contributed by atoms with Gasteiger partial charge in [-0.3, -0.25) is 14.4 Å². The molecule has 3 heterocycles. The minimum Gasteiger partial charge on any atom is -0.348 e. The highest BCUT2D eigenvalue weighted by Gasteiger charge is 2.31. The Morgan fingerprint density at radius 3 is 2.69 bits per heavy atom. The van der Waals surface area contributed by atoms with Crippen LogP contribution < -0.4 is 5.32 Å². The number of benzene rings is 2. The molecule has 0 unspecified atom stereocenters. The van der Waals surface area contributed by atoms with Crippen molar-refractivity contribution in [2.75, 3.05) is 19.6 Å². The zero-order chi connectivity index (χ0) is 24.7. The number of halogens is 1. The van der Waals surface area contributed by atoms with Gasteiger partial charge in [0.2, 0.25) is 11.8 Å². The van der Waals surface area contributed by atoms with Crippen LogP contribution in [0.15, 0.2) is 59.7 Å². The molecule has 0 atom stereocenters. The summed E-state index contributed by atoms with van der Waals surface area (Å²) in [7, 11) is 0. The molecule has 2 aromatic carbocycles. The third-order valence-electron chi connectivity index (χ3n) is 6.78. The largest absolute Gasteiger partial charge is 0.348 e. The Bertz CT molecular complexity index is 1360. The van der Waals surface area contributed by atoms with Gasteiger partial charge in [0.05, 0.1) is 11.6 Å². The topological polar surface area (TPSA) is 74.6 Å². The van der Waals surface area contributed by atoms with Crippen molar-refractivity contribution >= 4 is 44.6 Å². The van der Waals surface area contributed by atoms with E-state index < -0.39 is 0 Å². The van der Waals surface area contributed by atoms with Gasteiger partial charge >= 0.3 is 0 Å². The van der Waals surface area contributed by atoms with Crippen LogP contribution in [-0.2, 0) is 29.1 Å². The summed E-state index contributed by atoms with van der Waals surface area (Å²) in [6, 6.07) is 12.1. The summed E-state index contributed by atoms with van der Waals surface area (Å²) in [4.78, 5) is 41.5. The molecular formula is C27H27BrN4O3. The van der Waals surface area contributed by atoms with Gasteiger partial charge in [0.25, 0.3) is 5.91 Å². The number of likely N-dealkylation sites (tertiary alicyclic amines) is 1. The van der Waals surface area contributed by atoms with Crippen LogP contribution in [0.3, 0.4) is 0 Å². The van der Waals surface area contributed by atoms with Gasteiger partial charge in [0.1, 0.15) is 6.54 Å². The number of aromatic nitrogens is 1. The Hall–Kier alpha value is -3.39. The van der Waals surface area contributed by atoms with E-state index in [-0.39, 0.29) is 30.3 Å². The SMILES string of the molecule is C=CC(=O)N1CC(NC(=O)Cn2cc(C(=O)N3CCc4ccc(C)cc4C3)c3cc(Br)ccc32)C1. The fourth-order valence-corrected chi connectivity index (χ4v) is 5.27. The van der Waals surface area contributed by atoms with Crippen LogP contribution in [-0.4, -0.2) is 57.8 Å². The van der Waals surface area contributed by atoms with Crippen molar-refractivity contribution in [2.45, 2.75) is 32.5 Å². The molecule has 2 aliphatic rings. The maximum Gasteiger partial charge on any atom is 0.256 e. The first kappa shape index (κ1) is 23.4. The second-order valence-electron chi connectivity index (χ2n) is 9.29. The molecule has 1 fully saturated rings. The monoisotopic (exact) mass is 534 g/mol. The number of aryl methyl sites for hydroxylation is 1. The highest BCUT2D eigenvalue weighted by molar-refractivity contribution is 9.10. The second kappa shape index (κ2) is 9.34. The summed E-state index contributed by atoms with van der Waals surface area (Å²) in [5.41, 5.74) is 5.10. The highest BCUT2D eigenvalue weighted by Crippen LogP contribution is 2.28. The van der Waals surface area contributed by atoms with Crippen molar-refractivity contribution in [1.29, 1.82) is 0 Å². The molecule has 5 rings (SSSR count). The Labute approximate surface area is 212 Å². The average Bonchev–Trinajstić information content (AvgIpc) is 3.16. The maximum atomic E-state index is 13.6. The molecule has 7 nitrogen and oxygen atoms in total. The Kier molecular flexibility index (Phi) is 6.23. The number of fused-ring (bicyclic) bond motifs is 2. The van der Waals surface area contributed by atoms with Crippen molar-refractivity contribution < 1.29 is 14.4 Å². The van der Waals surface area contributed by atoms with Crippen LogP contribution in [0.5, 0.6) is 0 Å². The van der Waals surface area contributed by atoms with E-state index in [1.54, 1.807) is 11.1 Å². The van der Waals surface area contributed by atoms with E-state index in [0.717, 1.165) is 21.8 Å². The van der Waals surface area contributed by atoms with Gasteiger partial charge in [-0.05, 0) is 48.7 Å². The lowest BCUT2D eigenvalue weighted by Gasteiger charge is -2.38. The molecule has 3 aromatic rings. The molecule has 1 N–H and O–H groups in total. The van der Waals surface area contributed by atoms with Gasteiger partial charge in [-0.1, -0.05) is 46.3 Å². The van der Waals surface area contributed by atoms with Gasteiger partial charge in [-0.2, -0.15) is 0 Å². The molecule has 0 radical (unpaired) electrons. The van der Waals surface area contributed by atoms with Gasteiger partial charge in [0, 0.05) is 47.8 Å². The maximum absolute atomic E-state index is 13.6. The van der Waals surface area contributed by atoms with E-state index in [1.165, 1.54) is 22.8 Å². The average molecular weight is 535 g/mol. The molecule has 3 amide bonds. The van der Waals surface area contributed by atoms with E-state index in [2.05, 4.69) is 52.9 Å². The molecule has 0 saturated carbocycles. The second-order valence-corrected chi connectivity index (χ2v) is 10.2. The summed E-state index contributed by atoms with van der Waals surface area (Å²) in [5, 5.41) is 3.79. The minimum absolute atomic E-state index is 0.0306. The zero-order valence-corrected chi connectivity index (χ0v) is 21.2. The predicted octanol–water partition coefficient (Wildman–Crippen LogP) is 3.42. The normalized spacial score (nSPS) is 15.5. The standard InChI is InChI=1S/C27H27BrN4O3/c1-3-26(34)32-13-21(14-32)29-25(33)16-31-15-23(22-11-20(28)6-7-24(22)31)27(35)30-9-8-18-5-4-17(2)10-19(18)12-30/h3-7,10-11,15,21H,1,8-9,12-14,16H2,2H3,(H,29,33). The number of hydrogen-bond acceptors (Lipinski definition) is 3. The molecule has 35 heavy (non-hydrogen) atoms. The number of carbonyl (C=O) groups excluding carboxylic acids is 3. The Morgan fingerprint density at radius 1 is 1.11 bits per heavy atom. The predicted molar refractivity (Wildman–Crippen MR) is 138 cm³/mol. The lowest BCUT2D eigenvalue weighted by Crippen LogP contribution is -2.61. The van der Waals surface area contributed by atoms with Gasteiger partial charge < -0.3 is 19.7 Å². The smallest absolute Gasteiger partial charge is 0.256 e. The van der Waals surface area contributed by atoms with E-state index in [0.29, 0.717) is 31.7 Å². The number of nitrogens with one attached hydrogen (secondary N) is 1. The summed E-state index contributed by atoms with van der Waals surface area (Å²) >= 11 is 3.52. The van der Waals surface area contributed by atoms with Gasteiger partial charge in [-0.25, -0.2) is 0 Å². The number of carbonyl (C=O) groups is 3. The molecule has 1 saturated heterocycles. The number of rotatable bonds is 5. The van der Waals surface area contributed by atoms with Crippen LogP contribution in [0.2, 0.25) is 0 Å². The first-order chi connectivity index (χ1) is 16.8. The molecule has 0 spiro atoms. The Morgan fingerprint density at radius 2 is 1.91 bits per heavy atom. The van der Waals surface area contributed by atoms with E-state index in [4.69, 9.17) is 0 Å². The number of nitrogens with zero attached hydrogens (tertiary/aromatic N) is 3. The van der Waals surface area contributed by atoms with Crippen molar-refractivity contribution in [2.24, 2.45) is 0 Å². The summed E-state index contributed by atoms with van der Waals surface area (Å²) in [6.07, 6.45) is 3.90. The van der Waals surface area contributed by atoms with Crippen molar-refractivity contribution in [3.63, 3.8) is 0 Å². The lowest BCUT2D eigenvalue weighted by molar-refractivity contribution is -0.133. The molecule has 2 aliphatic heterocycles. The fourth-order valence-electron chi connectivity index (χ4n) is 4.91. The van der Waals surface area contributed by atoms with E-state index in [9.17, 15) is 14.4 Å². The van der Waals surface area contributed by atoms with Crippen LogP contribution >= 0.6 is 15.9 Å². The summed E-state index contributed by atoms with van der Waals surface area (Å²) in [5.74, 6) is -0.310. The molecule has 0 aliphatic carbocycles. The van der Waals surface area contributed by atoms with Crippen LogP contribution in [0, 0.1) is 6.92 Å². The number of hydrogen-bond donors (Lipinski definition) is 1. The third kappa shape index (κ3) is 4.62. The first-order valence-electron chi connectivity index (χ1n) is 11.7. The van der Waals surface area contributed by atoms with Crippen LogP contribution in [0.4, 0.5) is 0 Å². The van der Waals surface area contributed by atoms with Crippen LogP contribution in [0.25, 0.3) is 10.9 Å². The van der Waals surface area contributed by atoms with Crippen molar-refractivity contribution in [3.05, 3.63) is 82.0 Å². The Balaban J connectivity index is 1.35. The lowest BCUT2D eigenvalue weighted by atomic mass is 9.97. The van der Waals surface area contributed by atoms with E-state index >= 15 is 0 Å². The van der Waals surface area contributed by atoms with Gasteiger partial charge in [0.15, 0.2) is 0 Å². The van der Waals surface area contributed by atoms with Crippen LogP contribution in [0.1, 0.15) is 27.0 Å². The quantitative estimate of drug-likeness (QED) is 0.509. The third-order valence-corrected chi connectivity index (χ3v) is 7.27. The fraction of sp³-hybridized carbons (Fsp3) is 0.296. The van der Waals surface area contributed by atoms with Crippen molar-refractivity contribution in [3.8, 4) is 0 Å². The van der Waals surface area contributed by atoms with Gasteiger partial charge in [-0.15, -0.1) is 0 Å². The molecule has 0 bridgehead atoms. The zero-order valence-electron chi connectivity index (χ0n) is 19.6. The molecule has 180 valence electrons. The highest BCUT2D eigenvalue weighted by atomic mass is 79.9. The summed E-state index contributed by atoms with van der Waals surface area (Å²) < 4.78 is 2.71. The minimum atomic E-state index is -0.151. The summed E-state index contributed by atoms with van der Waals surface area (Å²) in [6.45, 7) is 7.86. The first-order valence-corrected chi connectivity index (χ1v) is 12.5. The van der Waals surface area contributed by atoms with E-state index in [1.807, 2.05) is 27.7 Å². The van der Waals surface area contributed by atoms with Crippen molar-refractivity contribution in [1.82, 2.24) is 19.7 Å².